The minimum Gasteiger partial charge on any atom is -0.481 e. The van der Waals surface area contributed by atoms with E-state index in [2.05, 4.69) is 4.85 Å². The molecule has 0 bridgehead atoms. The van der Waals surface area contributed by atoms with Gasteiger partial charge in [0.05, 0.1) is 43.3 Å². The van der Waals surface area contributed by atoms with E-state index in [-0.39, 0.29) is 37.1 Å². The number of hydrogen-bond acceptors (Lipinski definition) is 4. The molecule has 8 nitrogen and oxygen atoms in total. The van der Waals surface area contributed by atoms with Gasteiger partial charge in [0.2, 0.25) is 15.9 Å². The van der Waals surface area contributed by atoms with Gasteiger partial charge in [-0.25, -0.2) is 13.3 Å². The summed E-state index contributed by atoms with van der Waals surface area (Å²) in [5.41, 5.74) is 1.01. The monoisotopic (exact) mass is 653 g/mol. The largest absolute Gasteiger partial charge is 0.481 e. The van der Waals surface area contributed by atoms with E-state index in [0.717, 1.165) is 30.2 Å². The summed E-state index contributed by atoms with van der Waals surface area (Å²) in [6.07, 6.45) is 2.56. The Kier molecular flexibility index (Phi) is 8.99. The molecule has 44 heavy (non-hydrogen) atoms. The zero-order chi connectivity index (χ0) is 31.8. The van der Waals surface area contributed by atoms with Gasteiger partial charge in [-0.3, -0.25) is 13.9 Å². The number of hydrogen-bond donors (Lipinski definition) is 1. The third kappa shape index (κ3) is 6.73. The van der Waals surface area contributed by atoms with Crippen LogP contribution in [0.1, 0.15) is 55.7 Å². The average molecular weight is 655 g/mol. The van der Waals surface area contributed by atoms with E-state index in [0.29, 0.717) is 21.4 Å². The number of aliphatic carboxylic acids is 1. The number of sulfonamides is 1. The van der Waals surface area contributed by atoms with Crippen molar-refractivity contribution >= 4 is 56.5 Å². The first-order chi connectivity index (χ1) is 20.8. The second-order valence-corrected chi connectivity index (χ2v) is 14.8. The molecule has 11 heteroatoms. The maximum atomic E-state index is 14.7. The summed E-state index contributed by atoms with van der Waals surface area (Å²) in [5.74, 6) is -1.78. The third-order valence-electron chi connectivity index (χ3n) is 8.66. The van der Waals surface area contributed by atoms with Gasteiger partial charge in [-0.05, 0) is 72.7 Å². The molecule has 1 saturated heterocycles. The molecule has 230 valence electrons. The number of anilines is 1. The van der Waals surface area contributed by atoms with Crippen LogP contribution in [0.25, 0.3) is 4.85 Å². The molecule has 2 fully saturated rings. The van der Waals surface area contributed by atoms with E-state index in [1.165, 1.54) is 10.4 Å². The fourth-order valence-electron chi connectivity index (χ4n) is 6.51. The number of benzene rings is 3. The Balaban J connectivity index is 1.71. The Morgan fingerprint density at radius 1 is 1.07 bits per heavy atom. The van der Waals surface area contributed by atoms with Crippen molar-refractivity contribution in [3.05, 3.63) is 105 Å². The summed E-state index contributed by atoms with van der Waals surface area (Å²) in [7, 11) is -3.84. The molecule has 5 rings (SSSR count). The van der Waals surface area contributed by atoms with Gasteiger partial charge in [-0.15, -0.1) is 0 Å². The van der Waals surface area contributed by atoms with Crippen molar-refractivity contribution in [1.82, 2.24) is 4.90 Å². The zero-order valence-electron chi connectivity index (χ0n) is 24.4. The summed E-state index contributed by atoms with van der Waals surface area (Å²) in [4.78, 5) is 32.1. The number of rotatable bonds is 10. The predicted molar refractivity (Wildman–Crippen MR) is 172 cm³/mol. The highest BCUT2D eigenvalue weighted by Crippen LogP contribution is 2.54. The topological polar surface area (TPSA) is 99.3 Å². The first-order valence-electron chi connectivity index (χ1n) is 14.3. The van der Waals surface area contributed by atoms with Crippen LogP contribution < -0.4 is 4.31 Å². The normalized spacial score (nSPS) is 22.7. The summed E-state index contributed by atoms with van der Waals surface area (Å²) in [5, 5.41) is 11.0. The highest BCUT2D eigenvalue weighted by Gasteiger charge is 2.55. The summed E-state index contributed by atoms with van der Waals surface area (Å²) in [6, 6.07) is 19.9. The van der Waals surface area contributed by atoms with Crippen LogP contribution in [-0.2, 0) is 19.6 Å². The fourth-order valence-corrected chi connectivity index (χ4v) is 7.75. The van der Waals surface area contributed by atoms with Gasteiger partial charge in [0, 0.05) is 21.7 Å². The predicted octanol–water partition coefficient (Wildman–Crippen LogP) is 7.33. The quantitative estimate of drug-likeness (QED) is 0.231. The highest BCUT2D eigenvalue weighted by atomic mass is 35.5. The minimum absolute atomic E-state index is 0.00534. The van der Waals surface area contributed by atoms with Crippen LogP contribution in [-0.4, -0.2) is 49.1 Å². The van der Waals surface area contributed by atoms with E-state index in [1.54, 1.807) is 48.2 Å². The summed E-state index contributed by atoms with van der Waals surface area (Å²) < 4.78 is 27.9. The van der Waals surface area contributed by atoms with Crippen LogP contribution in [0.5, 0.6) is 0 Å². The standard InChI is InChI=1S/C33H33Cl2N3O5S/c1-33(19-30(39)40)18-28(23-6-4-7-25(35)16-23)31(22-12-14-24(34)15-13-22)38(32(33)41)29(21-10-11-21)20-37(44(3,42)43)27-9-5-8-26(17-27)36-2/h4-9,12-17,21,28-29,31H,10-11,18-20H2,1,3H3,(H,39,40)/t28?,29-,31-,33-/m1/s1. The first-order valence-corrected chi connectivity index (χ1v) is 16.9. The number of carbonyl (C=O) groups is 2. The SMILES string of the molecule is [C-]#[N+]c1cccc(N(C[C@H](C2CC2)N2C(=O)[C@@](C)(CC(=O)O)CC(c3cccc(Cl)c3)[C@H]2c2ccc(Cl)cc2)S(C)(=O)=O)c1. The van der Waals surface area contributed by atoms with Crippen LogP contribution in [0.3, 0.4) is 0 Å². The summed E-state index contributed by atoms with van der Waals surface area (Å²) in [6.45, 7) is 9.07. The van der Waals surface area contributed by atoms with Gasteiger partial charge in [-0.2, -0.15) is 0 Å². The Bertz CT molecular complexity index is 1720. The maximum absolute atomic E-state index is 14.7. The number of amides is 1. The van der Waals surface area contributed by atoms with Crippen LogP contribution in [0.4, 0.5) is 11.4 Å². The smallest absolute Gasteiger partial charge is 0.304 e. The molecule has 1 heterocycles. The van der Waals surface area contributed by atoms with E-state index < -0.39 is 33.5 Å². The Morgan fingerprint density at radius 3 is 2.34 bits per heavy atom. The van der Waals surface area contributed by atoms with Crippen LogP contribution in [0.2, 0.25) is 10.0 Å². The third-order valence-corrected chi connectivity index (χ3v) is 10.3. The van der Waals surface area contributed by atoms with Crippen LogP contribution in [0, 0.1) is 17.9 Å². The molecule has 0 aromatic heterocycles. The van der Waals surface area contributed by atoms with Gasteiger partial charge in [0.1, 0.15) is 0 Å². The number of halogens is 2. The Morgan fingerprint density at radius 2 is 1.75 bits per heavy atom. The lowest BCUT2D eigenvalue weighted by Gasteiger charge is -2.52. The van der Waals surface area contributed by atoms with Crippen LogP contribution >= 0.6 is 23.2 Å². The lowest BCUT2D eigenvalue weighted by molar-refractivity contribution is -0.160. The molecule has 3 aromatic rings. The van der Waals surface area contributed by atoms with Crippen molar-refractivity contribution in [2.75, 3.05) is 17.1 Å². The average Bonchev–Trinajstić information content (AvgIpc) is 3.80. The fraction of sp³-hybridized carbons (Fsp3) is 0.364. The van der Waals surface area contributed by atoms with E-state index in [9.17, 15) is 23.1 Å². The number of carboxylic acid groups (broad SMARTS) is 1. The van der Waals surface area contributed by atoms with E-state index in [1.807, 2.05) is 30.3 Å². The van der Waals surface area contributed by atoms with E-state index >= 15 is 0 Å². The molecule has 1 aliphatic carbocycles. The minimum atomic E-state index is -3.84. The van der Waals surface area contributed by atoms with Crippen molar-refractivity contribution in [2.24, 2.45) is 11.3 Å². The van der Waals surface area contributed by atoms with Gasteiger partial charge in [0.25, 0.3) is 0 Å². The second-order valence-electron chi connectivity index (χ2n) is 12.0. The molecular weight excluding hydrogens is 621 g/mol. The number of nitrogens with zero attached hydrogens (tertiary/aromatic N) is 3. The van der Waals surface area contributed by atoms with Gasteiger partial charge in [-0.1, -0.05) is 66.5 Å². The second kappa shape index (κ2) is 12.4. The van der Waals surface area contributed by atoms with Crippen molar-refractivity contribution in [1.29, 1.82) is 0 Å². The van der Waals surface area contributed by atoms with Crippen molar-refractivity contribution in [2.45, 2.75) is 50.6 Å². The molecule has 0 radical (unpaired) electrons. The Hall–Kier alpha value is -3.58. The number of likely N-dealkylation sites (tertiary alicyclic amines) is 1. The van der Waals surface area contributed by atoms with Crippen LogP contribution in [0.15, 0.2) is 72.8 Å². The lowest BCUT2D eigenvalue weighted by atomic mass is 9.67. The molecular formula is C33H33Cl2N3O5S. The number of carbonyl (C=O) groups excluding carboxylic acids is 1. The van der Waals surface area contributed by atoms with Gasteiger partial charge < -0.3 is 10.0 Å². The van der Waals surface area contributed by atoms with E-state index in [4.69, 9.17) is 29.8 Å². The molecule has 1 N–H and O–H groups in total. The molecule has 1 amide bonds. The number of carboxylic acids is 1. The highest BCUT2D eigenvalue weighted by molar-refractivity contribution is 7.92. The Labute approximate surface area is 268 Å². The van der Waals surface area contributed by atoms with Crippen molar-refractivity contribution < 1.29 is 23.1 Å². The molecule has 1 aliphatic heterocycles. The van der Waals surface area contributed by atoms with Crippen molar-refractivity contribution in [3.63, 3.8) is 0 Å². The zero-order valence-corrected chi connectivity index (χ0v) is 26.7. The van der Waals surface area contributed by atoms with Gasteiger partial charge in [0.15, 0.2) is 5.69 Å². The maximum Gasteiger partial charge on any atom is 0.304 e. The molecule has 4 atom stereocenters. The first kappa shape index (κ1) is 31.8. The molecule has 2 aliphatic rings. The number of piperidine rings is 1. The van der Waals surface area contributed by atoms with Gasteiger partial charge >= 0.3 is 5.97 Å². The molecule has 0 spiro atoms. The lowest BCUT2D eigenvalue weighted by Crippen LogP contribution is -2.59. The summed E-state index contributed by atoms with van der Waals surface area (Å²) >= 11 is 12.7. The van der Waals surface area contributed by atoms with Crippen molar-refractivity contribution in [3.8, 4) is 0 Å². The molecule has 1 saturated carbocycles. The molecule has 3 aromatic carbocycles. The molecule has 1 unspecified atom stereocenters.